The molecular formula is C81H80F5N7O11. The molecule has 6 aromatic carbocycles. The van der Waals surface area contributed by atoms with Gasteiger partial charge in [0.2, 0.25) is 0 Å². The van der Waals surface area contributed by atoms with E-state index in [2.05, 4.69) is 10.6 Å². The van der Waals surface area contributed by atoms with Crippen molar-refractivity contribution in [1.82, 2.24) is 28.4 Å². The van der Waals surface area contributed by atoms with Gasteiger partial charge in [-0.15, -0.1) is 0 Å². The molecule has 1 N–H and O–H groups in total. The molecule has 3 spiro atoms. The maximum atomic E-state index is 14.0. The summed E-state index contributed by atoms with van der Waals surface area (Å²) in [7, 11) is 1.57. The average Bonchev–Trinajstić information content (AvgIpc) is 1.49. The molecular weight excluding hydrogens is 1340 g/mol. The molecule has 0 radical (unpaired) electrons. The number of hydrogen-bond acceptors (Lipinski definition) is 12. The van der Waals surface area contributed by atoms with Gasteiger partial charge in [0.25, 0.3) is 17.7 Å². The Balaban J connectivity index is 0.000000132. The highest BCUT2D eigenvalue weighted by atomic mass is 19.4. The summed E-state index contributed by atoms with van der Waals surface area (Å²) >= 11 is 0. The van der Waals surface area contributed by atoms with Crippen LogP contribution in [0.15, 0.2) is 164 Å². The van der Waals surface area contributed by atoms with E-state index >= 15 is 0 Å². The number of hydrogen-bond donors (Lipinski definition) is 1. The summed E-state index contributed by atoms with van der Waals surface area (Å²) in [6.07, 6.45) is 5.26. The topological polar surface area (TPSA) is 184 Å². The van der Waals surface area contributed by atoms with Crippen molar-refractivity contribution in [3.63, 3.8) is 0 Å². The van der Waals surface area contributed by atoms with Crippen LogP contribution in [0.4, 0.5) is 22.0 Å². The number of rotatable bonds is 11. The van der Waals surface area contributed by atoms with E-state index in [0.29, 0.717) is 118 Å². The molecule has 18 nitrogen and oxygen atoms in total. The van der Waals surface area contributed by atoms with Crippen LogP contribution in [-0.2, 0) is 33.3 Å². The van der Waals surface area contributed by atoms with Crippen LogP contribution in [0.3, 0.4) is 0 Å². The third kappa shape index (κ3) is 13.5. The Kier molecular flexibility index (Phi) is 19.1. The molecule has 0 aliphatic carbocycles. The monoisotopic (exact) mass is 1420 g/mol. The van der Waals surface area contributed by atoms with Gasteiger partial charge in [-0.1, -0.05) is 31.2 Å². The number of nitrogens with zero attached hydrogens (tertiary/aromatic N) is 7. The SMILES string of the molecule is CCCOc1ccc(C(=O)N2CCC3(CC2)Oc2cc(F)ccc2-n2cccc23)cc1C(F)(F)F.COc1cc(C(=O)N2CCC3(CC2)Oc2cc(F)ccc2-n2cccc23)ccc1OCC1CCCO1.Cc1cc(C(C)(C)O)ccc1C(=O)N1CCC2(CC1)Oc1ccccc1-n1c(C#N)ccc12. The second-order valence-corrected chi connectivity index (χ2v) is 27.9. The van der Waals surface area contributed by atoms with Crippen molar-refractivity contribution in [2.75, 3.05) is 66.2 Å². The number of alkyl halides is 3. The third-order valence-electron chi connectivity index (χ3n) is 20.9. The molecule has 0 saturated carbocycles. The first-order valence-corrected chi connectivity index (χ1v) is 35.2. The average molecular weight is 1420 g/mol. The van der Waals surface area contributed by atoms with Crippen molar-refractivity contribution in [3.8, 4) is 57.6 Å². The Bertz CT molecular complexity index is 4770. The van der Waals surface area contributed by atoms with Gasteiger partial charge in [0.1, 0.15) is 53.0 Å². The van der Waals surface area contributed by atoms with Gasteiger partial charge in [0, 0.05) is 126 Å². The highest BCUT2D eigenvalue weighted by Gasteiger charge is 2.49. The fraction of sp³-hybridized carbons (Fsp3) is 0.358. The number of methoxy groups -OCH3 is 1. The zero-order chi connectivity index (χ0) is 72.9. The van der Waals surface area contributed by atoms with Crippen LogP contribution in [0.2, 0.25) is 0 Å². The van der Waals surface area contributed by atoms with Gasteiger partial charge in [0.15, 0.2) is 28.3 Å². The molecule has 23 heteroatoms. The van der Waals surface area contributed by atoms with Crippen molar-refractivity contribution in [3.05, 3.63) is 232 Å². The van der Waals surface area contributed by atoms with Crippen LogP contribution in [0, 0.1) is 29.9 Å². The molecule has 16 rings (SSSR count). The van der Waals surface area contributed by atoms with E-state index in [1.807, 2.05) is 117 Å². The molecule has 540 valence electrons. The van der Waals surface area contributed by atoms with Crippen LogP contribution >= 0.6 is 0 Å². The van der Waals surface area contributed by atoms with Crippen molar-refractivity contribution in [2.24, 2.45) is 0 Å². The first-order chi connectivity index (χ1) is 50.0. The Morgan fingerprint density at radius 2 is 1.14 bits per heavy atom. The molecule has 1 atom stereocenters. The molecule has 0 bridgehead atoms. The number of amides is 3. The second-order valence-electron chi connectivity index (χ2n) is 27.9. The number of aliphatic hydroxyl groups is 1. The Hall–Kier alpha value is -10.6. The van der Waals surface area contributed by atoms with E-state index in [9.17, 15) is 46.7 Å². The quantitative estimate of drug-likeness (QED) is 0.121. The van der Waals surface area contributed by atoms with Crippen LogP contribution in [0.5, 0.6) is 34.5 Å². The summed E-state index contributed by atoms with van der Waals surface area (Å²) in [4.78, 5) is 45.1. The van der Waals surface area contributed by atoms with Gasteiger partial charge in [-0.05, 0) is 166 Å². The first-order valence-electron chi connectivity index (χ1n) is 35.2. The summed E-state index contributed by atoms with van der Waals surface area (Å²) in [5.41, 5.74) is 4.90. The lowest BCUT2D eigenvalue weighted by Crippen LogP contribution is -2.50. The van der Waals surface area contributed by atoms with Crippen LogP contribution < -0.4 is 28.4 Å². The van der Waals surface area contributed by atoms with Gasteiger partial charge < -0.3 is 62.1 Å². The number of nitriles is 1. The van der Waals surface area contributed by atoms with Crippen LogP contribution in [0.25, 0.3) is 17.1 Å². The Morgan fingerprint density at radius 3 is 1.67 bits per heavy atom. The number of aryl methyl sites for hydroxylation is 1. The van der Waals surface area contributed by atoms with Gasteiger partial charge in [-0.2, -0.15) is 18.4 Å². The minimum Gasteiger partial charge on any atom is -0.493 e. The minimum absolute atomic E-state index is 0.00560. The molecule has 10 heterocycles. The van der Waals surface area contributed by atoms with Gasteiger partial charge in [-0.3, -0.25) is 19.0 Å². The number of carbonyl (C=O) groups is 3. The number of para-hydroxylation sites is 2. The second kappa shape index (κ2) is 28.2. The summed E-state index contributed by atoms with van der Waals surface area (Å²) in [5.74, 6) is 1.27. The molecule has 3 aromatic heterocycles. The number of carbonyl (C=O) groups excluding carboxylic acids is 3. The van der Waals surface area contributed by atoms with Crippen molar-refractivity contribution in [1.29, 1.82) is 5.26 Å². The first kappa shape index (κ1) is 70.5. The number of fused-ring (bicyclic) bond motifs is 12. The predicted molar refractivity (Wildman–Crippen MR) is 375 cm³/mol. The molecule has 7 aliphatic heterocycles. The van der Waals surface area contributed by atoms with E-state index in [0.717, 1.165) is 76.5 Å². The number of ether oxygens (including phenoxy) is 7. The number of benzene rings is 6. The molecule has 4 saturated heterocycles. The smallest absolute Gasteiger partial charge is 0.419 e. The van der Waals surface area contributed by atoms with E-state index in [1.54, 1.807) is 58.2 Å². The van der Waals surface area contributed by atoms with E-state index in [-0.39, 0.29) is 54.7 Å². The van der Waals surface area contributed by atoms with Crippen molar-refractivity contribution in [2.45, 2.75) is 120 Å². The van der Waals surface area contributed by atoms with Gasteiger partial charge in [-0.25, -0.2) is 8.78 Å². The summed E-state index contributed by atoms with van der Waals surface area (Å²) in [5, 5.41) is 19.9. The molecule has 1 unspecified atom stereocenters. The molecule has 3 amide bonds. The highest BCUT2D eigenvalue weighted by molar-refractivity contribution is 5.96. The number of aromatic nitrogens is 3. The summed E-state index contributed by atoms with van der Waals surface area (Å²) < 4.78 is 116. The zero-order valence-corrected chi connectivity index (χ0v) is 58.4. The van der Waals surface area contributed by atoms with Crippen molar-refractivity contribution >= 4 is 17.7 Å². The maximum absolute atomic E-state index is 14.0. The predicted octanol–water partition coefficient (Wildman–Crippen LogP) is 15.1. The lowest BCUT2D eigenvalue weighted by Gasteiger charge is -2.45. The normalized spacial score (nSPS) is 17.7. The maximum Gasteiger partial charge on any atom is 0.419 e. The van der Waals surface area contributed by atoms with Gasteiger partial charge >= 0.3 is 6.18 Å². The van der Waals surface area contributed by atoms with E-state index in [4.69, 9.17) is 33.2 Å². The fourth-order valence-electron chi connectivity index (χ4n) is 15.3. The van der Waals surface area contributed by atoms with Crippen LogP contribution in [0.1, 0.15) is 149 Å². The number of likely N-dealkylation sites (tertiary alicyclic amines) is 3. The largest absolute Gasteiger partial charge is 0.493 e. The standard InChI is InChI=1S/C28H29FN2O5.C27H27N3O3.C26H24F4N2O3/c1-33-25-16-19(6-9-23(25)35-18-21-4-3-15-34-21)27(32)30-13-10-28(11-14-30)26-5-2-12-31(26)22-8-7-20(29)17-24(22)36-28;1-18-16-19(26(2,3)32)8-10-21(18)25(31)29-14-12-27(13-15-29)24-11-9-20(17-28)30(24)22-6-4-5-7-23(22)33-27;1-2-14-34-21-8-5-17(15-19(21)26(28,29)30)24(33)31-12-9-25(10-13-31)23-4-3-11-32(23)20-7-6-18(27)16-22(20)35-25/h2,5-9,12,16-17,21H,3-4,10-11,13-15,18H2,1H3;4-11,16,32H,12-15H2,1-3H3;3-8,11,15-16H,2,9-10,12-14H2,1H3. The van der Waals surface area contributed by atoms with Crippen LogP contribution in [-0.4, -0.2) is 124 Å². The number of halogens is 5. The lowest BCUT2D eigenvalue weighted by molar-refractivity contribution is -0.139. The third-order valence-corrected chi connectivity index (χ3v) is 20.9. The number of piperidine rings is 3. The molecule has 9 aromatic rings. The Morgan fingerprint density at radius 1 is 0.596 bits per heavy atom. The van der Waals surface area contributed by atoms with E-state index in [1.165, 1.54) is 41.3 Å². The summed E-state index contributed by atoms with van der Waals surface area (Å²) in [6.45, 7) is 11.3. The lowest BCUT2D eigenvalue weighted by atomic mass is 9.86. The molecule has 4 fully saturated rings. The minimum atomic E-state index is -4.64. The molecule has 104 heavy (non-hydrogen) atoms. The highest BCUT2D eigenvalue weighted by Crippen LogP contribution is 2.50. The zero-order valence-electron chi connectivity index (χ0n) is 58.4. The summed E-state index contributed by atoms with van der Waals surface area (Å²) in [6, 6.07) is 45.0. The van der Waals surface area contributed by atoms with Gasteiger partial charge in [0.05, 0.1) is 65.1 Å². The van der Waals surface area contributed by atoms with E-state index < -0.39 is 45.9 Å². The fourth-order valence-corrected chi connectivity index (χ4v) is 15.3. The van der Waals surface area contributed by atoms with Crippen molar-refractivity contribution < 1.29 is 74.6 Å². The molecule has 7 aliphatic rings. The Labute approximate surface area is 599 Å².